The van der Waals surface area contributed by atoms with Crippen LogP contribution in [-0.4, -0.2) is 33.0 Å². The van der Waals surface area contributed by atoms with Gasteiger partial charge >= 0.3 is 0 Å². The molecular formula is C16H28N2O2S2. The summed E-state index contributed by atoms with van der Waals surface area (Å²) in [6.07, 6.45) is 0. The maximum absolute atomic E-state index is 12.5. The molecule has 0 unspecified atom stereocenters. The monoisotopic (exact) mass is 344 g/mol. The zero-order valence-electron chi connectivity index (χ0n) is 14.2. The molecule has 126 valence electrons. The Morgan fingerprint density at radius 2 is 1.68 bits per heavy atom. The van der Waals surface area contributed by atoms with Gasteiger partial charge in [0.25, 0.3) is 0 Å². The van der Waals surface area contributed by atoms with Crippen molar-refractivity contribution >= 4 is 21.8 Å². The van der Waals surface area contributed by atoms with Crippen molar-refractivity contribution in [3.05, 3.63) is 28.8 Å². The van der Waals surface area contributed by atoms with Gasteiger partial charge in [-0.15, -0.1) is 0 Å². The molecule has 3 N–H and O–H groups in total. The standard InChI is InChI=1S/C16H28N2O2S2/c1-12-10-14(16(3,4)5)11-13(2)15(12)22(19,20)18-7-9-21-8-6-17/h10-11,18H,6-9,17H2,1-5H3. The summed E-state index contributed by atoms with van der Waals surface area (Å²) >= 11 is 1.65. The van der Waals surface area contributed by atoms with E-state index in [2.05, 4.69) is 25.5 Å². The average Bonchev–Trinajstić information content (AvgIpc) is 2.36. The molecule has 0 heterocycles. The summed E-state index contributed by atoms with van der Waals surface area (Å²) < 4.78 is 27.7. The van der Waals surface area contributed by atoms with Gasteiger partial charge in [-0.2, -0.15) is 11.8 Å². The van der Waals surface area contributed by atoms with E-state index in [1.165, 1.54) is 0 Å². The van der Waals surface area contributed by atoms with Gasteiger partial charge in [-0.05, 0) is 36.0 Å². The Morgan fingerprint density at radius 1 is 1.14 bits per heavy atom. The summed E-state index contributed by atoms with van der Waals surface area (Å²) in [6, 6.07) is 3.95. The normalized spacial score (nSPS) is 12.6. The van der Waals surface area contributed by atoms with E-state index >= 15 is 0 Å². The van der Waals surface area contributed by atoms with Gasteiger partial charge in [-0.3, -0.25) is 0 Å². The highest BCUT2D eigenvalue weighted by Crippen LogP contribution is 2.29. The van der Waals surface area contributed by atoms with Crippen molar-refractivity contribution in [3.63, 3.8) is 0 Å². The molecule has 0 bridgehead atoms. The van der Waals surface area contributed by atoms with E-state index in [0.29, 0.717) is 18.0 Å². The van der Waals surface area contributed by atoms with Crippen molar-refractivity contribution in [2.75, 3.05) is 24.6 Å². The minimum atomic E-state index is -3.47. The molecule has 1 aromatic rings. The first-order valence-electron chi connectivity index (χ1n) is 7.49. The molecule has 6 heteroatoms. The molecule has 1 aromatic carbocycles. The second-order valence-corrected chi connectivity index (χ2v) is 9.42. The summed E-state index contributed by atoms with van der Waals surface area (Å²) in [5.41, 5.74) is 8.17. The highest BCUT2D eigenvalue weighted by Gasteiger charge is 2.22. The number of nitrogens with one attached hydrogen (secondary N) is 1. The smallest absolute Gasteiger partial charge is 0.241 e. The second-order valence-electron chi connectivity index (χ2n) is 6.49. The van der Waals surface area contributed by atoms with E-state index < -0.39 is 10.0 Å². The summed E-state index contributed by atoms with van der Waals surface area (Å²) in [4.78, 5) is 0.407. The molecule has 0 aliphatic rings. The first-order valence-corrected chi connectivity index (χ1v) is 10.1. The van der Waals surface area contributed by atoms with Gasteiger partial charge in [0.05, 0.1) is 4.90 Å². The van der Waals surface area contributed by atoms with E-state index in [-0.39, 0.29) is 5.41 Å². The maximum atomic E-state index is 12.5. The van der Waals surface area contributed by atoms with Crippen LogP contribution in [0.3, 0.4) is 0 Å². The number of hydrogen-bond donors (Lipinski definition) is 2. The van der Waals surface area contributed by atoms with E-state index in [1.807, 2.05) is 26.0 Å². The fourth-order valence-electron chi connectivity index (χ4n) is 2.31. The minimum Gasteiger partial charge on any atom is -0.330 e. The van der Waals surface area contributed by atoms with Crippen molar-refractivity contribution in [2.45, 2.75) is 44.9 Å². The predicted molar refractivity (Wildman–Crippen MR) is 96.2 cm³/mol. The van der Waals surface area contributed by atoms with Gasteiger partial charge in [0, 0.05) is 24.6 Å². The Morgan fingerprint density at radius 3 is 2.14 bits per heavy atom. The quantitative estimate of drug-likeness (QED) is 0.746. The topological polar surface area (TPSA) is 72.2 Å². The van der Waals surface area contributed by atoms with Crippen LogP contribution < -0.4 is 10.5 Å². The van der Waals surface area contributed by atoms with Crippen LogP contribution >= 0.6 is 11.8 Å². The Kier molecular flexibility index (Phi) is 6.92. The lowest BCUT2D eigenvalue weighted by molar-refractivity contribution is 0.578. The molecular weight excluding hydrogens is 316 g/mol. The van der Waals surface area contributed by atoms with E-state index in [9.17, 15) is 8.42 Å². The van der Waals surface area contributed by atoms with Crippen LogP contribution in [0, 0.1) is 13.8 Å². The number of nitrogens with two attached hydrogens (primary N) is 1. The van der Waals surface area contributed by atoms with Crippen molar-refractivity contribution in [1.82, 2.24) is 4.72 Å². The van der Waals surface area contributed by atoms with E-state index in [4.69, 9.17) is 5.73 Å². The summed E-state index contributed by atoms with van der Waals surface area (Å²) in [5.74, 6) is 1.58. The number of thioether (sulfide) groups is 1. The molecule has 0 saturated carbocycles. The number of aryl methyl sites for hydroxylation is 2. The SMILES string of the molecule is Cc1cc(C(C)(C)C)cc(C)c1S(=O)(=O)NCCSCCN. The fourth-order valence-corrected chi connectivity index (χ4v) is 4.54. The molecule has 0 radical (unpaired) electrons. The molecule has 0 spiro atoms. The maximum Gasteiger partial charge on any atom is 0.241 e. The van der Waals surface area contributed by atoms with Crippen molar-refractivity contribution in [2.24, 2.45) is 5.73 Å². The van der Waals surface area contributed by atoms with Crippen LogP contribution in [0.25, 0.3) is 0 Å². The van der Waals surface area contributed by atoms with Gasteiger partial charge < -0.3 is 5.73 Å². The van der Waals surface area contributed by atoms with E-state index in [0.717, 1.165) is 28.2 Å². The van der Waals surface area contributed by atoms with E-state index in [1.54, 1.807) is 11.8 Å². The molecule has 22 heavy (non-hydrogen) atoms. The lowest BCUT2D eigenvalue weighted by Gasteiger charge is -2.22. The number of hydrogen-bond acceptors (Lipinski definition) is 4. The molecule has 0 aliphatic carbocycles. The summed E-state index contributed by atoms with van der Waals surface area (Å²) in [5, 5.41) is 0. The van der Waals surface area contributed by atoms with Crippen LogP contribution in [0.15, 0.2) is 17.0 Å². The Hall–Kier alpha value is -0.560. The van der Waals surface area contributed by atoms with Gasteiger partial charge in [-0.1, -0.05) is 32.9 Å². The number of sulfonamides is 1. The van der Waals surface area contributed by atoms with Crippen LogP contribution in [0.5, 0.6) is 0 Å². The third-order valence-corrected chi connectivity index (χ3v) is 6.18. The summed E-state index contributed by atoms with van der Waals surface area (Å²) in [6.45, 7) is 11.1. The van der Waals surface area contributed by atoms with Crippen LogP contribution in [-0.2, 0) is 15.4 Å². The zero-order valence-corrected chi connectivity index (χ0v) is 15.8. The third kappa shape index (κ3) is 5.26. The van der Waals surface area contributed by atoms with Crippen LogP contribution in [0.4, 0.5) is 0 Å². The fraction of sp³-hybridized carbons (Fsp3) is 0.625. The van der Waals surface area contributed by atoms with Crippen LogP contribution in [0.1, 0.15) is 37.5 Å². The van der Waals surface area contributed by atoms with Gasteiger partial charge in [-0.25, -0.2) is 13.1 Å². The second kappa shape index (κ2) is 7.81. The third-order valence-electron chi connectivity index (χ3n) is 3.40. The number of rotatable bonds is 7. The minimum absolute atomic E-state index is 0.00407. The molecule has 4 nitrogen and oxygen atoms in total. The zero-order chi connectivity index (χ0) is 17.0. The van der Waals surface area contributed by atoms with Crippen molar-refractivity contribution in [3.8, 4) is 0 Å². The lowest BCUT2D eigenvalue weighted by atomic mass is 9.85. The van der Waals surface area contributed by atoms with Crippen LogP contribution in [0.2, 0.25) is 0 Å². The average molecular weight is 345 g/mol. The largest absolute Gasteiger partial charge is 0.330 e. The van der Waals surface area contributed by atoms with Gasteiger partial charge in [0.1, 0.15) is 0 Å². The molecule has 0 saturated heterocycles. The molecule has 0 aromatic heterocycles. The highest BCUT2D eigenvalue weighted by atomic mass is 32.2. The highest BCUT2D eigenvalue weighted by molar-refractivity contribution is 7.99. The number of benzene rings is 1. The molecule has 1 rings (SSSR count). The van der Waals surface area contributed by atoms with Gasteiger partial charge in [0.2, 0.25) is 10.0 Å². The first-order chi connectivity index (χ1) is 10.1. The van der Waals surface area contributed by atoms with Crippen molar-refractivity contribution in [1.29, 1.82) is 0 Å². The molecule has 0 amide bonds. The molecule has 0 aliphatic heterocycles. The summed E-state index contributed by atoms with van der Waals surface area (Å²) in [7, 11) is -3.47. The van der Waals surface area contributed by atoms with Crippen molar-refractivity contribution < 1.29 is 8.42 Å². The Bertz CT molecular complexity index is 582. The molecule has 0 atom stereocenters. The Balaban J connectivity index is 2.96. The van der Waals surface area contributed by atoms with Gasteiger partial charge in [0.15, 0.2) is 0 Å². The lowest BCUT2D eigenvalue weighted by Crippen LogP contribution is -2.28. The predicted octanol–water partition coefficient (Wildman–Crippen LogP) is 2.57. The molecule has 0 fully saturated rings. The first kappa shape index (κ1) is 19.5. The Labute approximate surface area is 139 Å².